The number of rotatable bonds is 2. The van der Waals surface area contributed by atoms with Gasteiger partial charge in [0.25, 0.3) is 0 Å². The van der Waals surface area contributed by atoms with Crippen molar-refractivity contribution in [3.05, 3.63) is 95.5 Å². The number of benzene rings is 2. The van der Waals surface area contributed by atoms with Crippen molar-refractivity contribution in [3.8, 4) is 0 Å². The molecule has 4 heteroatoms. The predicted molar refractivity (Wildman–Crippen MR) is 176 cm³/mol. The van der Waals surface area contributed by atoms with Gasteiger partial charge < -0.3 is 9.47 Å². The smallest absolute Gasteiger partial charge is 0.228 e. The second-order valence-electron chi connectivity index (χ2n) is 12.7. The first kappa shape index (κ1) is 29.1. The van der Waals surface area contributed by atoms with E-state index < -0.39 is 0 Å². The third-order valence-electron chi connectivity index (χ3n) is 8.53. The Morgan fingerprint density at radius 2 is 1.82 bits per heavy atom. The number of ether oxygens (including phenoxy) is 2. The summed E-state index contributed by atoms with van der Waals surface area (Å²) in [5, 5.41) is 2.55. The molecule has 3 nitrogen and oxygen atoms in total. The minimum absolute atomic E-state index is 0.0405. The number of nitrogens with zero attached hydrogens (tertiary/aromatic N) is 1. The van der Waals surface area contributed by atoms with Gasteiger partial charge in [0.1, 0.15) is 12.7 Å². The van der Waals surface area contributed by atoms with Gasteiger partial charge in [-0.3, -0.25) is 0 Å². The molecule has 2 aliphatic heterocycles. The minimum atomic E-state index is 0.0405. The van der Waals surface area contributed by atoms with Gasteiger partial charge >= 0.3 is 0 Å². The average molecular weight is 649 g/mol. The molecule has 1 saturated heterocycles. The Morgan fingerprint density at radius 1 is 1.07 bits per heavy atom. The van der Waals surface area contributed by atoms with Crippen molar-refractivity contribution in [2.75, 3.05) is 6.61 Å². The Balaban J connectivity index is 1.64. The zero-order chi connectivity index (χ0) is 28.8. The molecule has 5 rings (SSSR count). The number of fused-ring (bicyclic) bond motifs is 2. The molecule has 0 bridgehead atoms. The van der Waals surface area contributed by atoms with Crippen LogP contribution in [0.15, 0.2) is 73.1 Å². The highest BCUT2D eigenvalue weighted by molar-refractivity contribution is 14.1. The van der Waals surface area contributed by atoms with E-state index in [-0.39, 0.29) is 17.6 Å². The summed E-state index contributed by atoms with van der Waals surface area (Å²) in [6, 6.07) is 17.7. The molecule has 210 valence electrons. The van der Waals surface area contributed by atoms with Crippen molar-refractivity contribution >= 4 is 50.2 Å². The van der Waals surface area contributed by atoms with E-state index in [9.17, 15) is 0 Å². The molecule has 0 N–H and O–H groups in total. The van der Waals surface area contributed by atoms with E-state index in [0.29, 0.717) is 16.4 Å². The summed E-state index contributed by atoms with van der Waals surface area (Å²) in [6.45, 7) is 20.8. The molecule has 4 atom stereocenters. The molecule has 3 aromatic rings. The van der Waals surface area contributed by atoms with E-state index in [1.54, 1.807) is 0 Å². The lowest BCUT2D eigenvalue weighted by molar-refractivity contribution is -0.591. The maximum atomic E-state index is 6.63. The summed E-state index contributed by atoms with van der Waals surface area (Å²) in [6.07, 6.45) is 6.79. The van der Waals surface area contributed by atoms with E-state index in [4.69, 9.17) is 9.47 Å². The van der Waals surface area contributed by atoms with Crippen LogP contribution in [0.4, 0.5) is 0 Å². The highest BCUT2D eigenvalue weighted by Gasteiger charge is 2.37. The molecule has 3 heterocycles. The monoisotopic (exact) mass is 648 g/mol. The van der Waals surface area contributed by atoms with Crippen LogP contribution in [0.2, 0.25) is 0 Å². The number of aromatic nitrogens is 1. The van der Waals surface area contributed by atoms with Gasteiger partial charge in [0.05, 0.1) is 10.0 Å². The van der Waals surface area contributed by atoms with Crippen molar-refractivity contribution in [2.24, 2.45) is 5.92 Å². The van der Waals surface area contributed by atoms with Gasteiger partial charge in [0.2, 0.25) is 11.4 Å². The van der Waals surface area contributed by atoms with Crippen LogP contribution in [0.25, 0.3) is 27.6 Å². The van der Waals surface area contributed by atoms with Crippen LogP contribution < -0.4 is 4.57 Å². The molecule has 0 spiro atoms. The molecule has 0 aliphatic carbocycles. The van der Waals surface area contributed by atoms with E-state index in [1.807, 2.05) is 0 Å². The van der Waals surface area contributed by atoms with Gasteiger partial charge in [0, 0.05) is 24.1 Å². The zero-order valence-electron chi connectivity index (χ0n) is 25.1. The molecule has 2 aromatic carbocycles. The lowest BCUT2D eigenvalue weighted by atomic mass is 9.82. The molecule has 3 unspecified atom stereocenters. The minimum Gasteiger partial charge on any atom is -0.485 e. The SMILES string of the molecule is C=C(/C=C1/c2cc(C(C)(C)C)cc[n+]2/C(=C2\COC(C)C[C@@H](I)C(C)O2)CC1C)c1ccc2ccccc2c1C. The maximum absolute atomic E-state index is 6.63. The average Bonchev–Trinajstić information content (AvgIpc) is 2.91. The predicted octanol–water partition coefficient (Wildman–Crippen LogP) is 9.06. The molecule has 40 heavy (non-hydrogen) atoms. The Bertz CT molecular complexity index is 1510. The van der Waals surface area contributed by atoms with Crippen molar-refractivity contribution in [1.29, 1.82) is 0 Å². The molecule has 1 fully saturated rings. The van der Waals surface area contributed by atoms with Gasteiger partial charge in [-0.05, 0) is 77.6 Å². The van der Waals surface area contributed by atoms with Gasteiger partial charge in [-0.15, -0.1) is 0 Å². The molecular weight excluding hydrogens is 605 g/mol. The van der Waals surface area contributed by atoms with E-state index in [0.717, 1.165) is 24.2 Å². The Hall–Kier alpha value is -2.44. The van der Waals surface area contributed by atoms with Crippen molar-refractivity contribution in [1.82, 2.24) is 0 Å². The molecule has 0 amide bonds. The third-order valence-corrected chi connectivity index (χ3v) is 10.0. The normalized spacial score (nSPS) is 26.6. The fraction of sp³-hybridized carbons (Fsp3) is 0.417. The van der Waals surface area contributed by atoms with Crippen LogP contribution in [-0.4, -0.2) is 22.7 Å². The summed E-state index contributed by atoms with van der Waals surface area (Å²) < 4.78 is 15.6. The van der Waals surface area contributed by atoms with Gasteiger partial charge in [-0.25, -0.2) is 0 Å². The summed E-state index contributed by atoms with van der Waals surface area (Å²) in [7, 11) is 0. The Morgan fingerprint density at radius 3 is 2.58 bits per heavy atom. The van der Waals surface area contributed by atoms with Crippen LogP contribution in [0, 0.1) is 12.8 Å². The van der Waals surface area contributed by atoms with E-state index >= 15 is 0 Å². The van der Waals surface area contributed by atoms with Gasteiger partial charge in [-0.1, -0.05) is 93.3 Å². The lowest BCUT2D eigenvalue weighted by Crippen LogP contribution is -2.44. The van der Waals surface area contributed by atoms with Crippen LogP contribution in [0.1, 0.15) is 76.8 Å². The Kier molecular flexibility index (Phi) is 8.32. The number of hydrogen-bond donors (Lipinski definition) is 0. The topological polar surface area (TPSA) is 22.3 Å². The van der Waals surface area contributed by atoms with Gasteiger partial charge in [-0.2, -0.15) is 4.57 Å². The van der Waals surface area contributed by atoms with Crippen molar-refractivity contribution < 1.29 is 14.0 Å². The first-order chi connectivity index (χ1) is 18.9. The molecule has 0 radical (unpaired) electrons. The summed E-state index contributed by atoms with van der Waals surface area (Å²) >= 11 is 2.51. The van der Waals surface area contributed by atoms with E-state index in [2.05, 4.69) is 143 Å². The van der Waals surface area contributed by atoms with Crippen LogP contribution >= 0.6 is 22.6 Å². The summed E-state index contributed by atoms with van der Waals surface area (Å²) in [4.78, 5) is 0. The number of halogens is 1. The zero-order valence-corrected chi connectivity index (χ0v) is 27.2. The first-order valence-electron chi connectivity index (χ1n) is 14.5. The van der Waals surface area contributed by atoms with E-state index in [1.165, 1.54) is 44.4 Å². The second-order valence-corrected chi connectivity index (χ2v) is 14.3. The highest BCUT2D eigenvalue weighted by Crippen LogP contribution is 2.39. The van der Waals surface area contributed by atoms with Crippen LogP contribution in [0.5, 0.6) is 0 Å². The third kappa shape index (κ3) is 5.80. The fourth-order valence-electron chi connectivity index (χ4n) is 5.96. The van der Waals surface area contributed by atoms with Crippen molar-refractivity contribution in [2.45, 2.75) is 82.9 Å². The summed E-state index contributed by atoms with van der Waals surface area (Å²) in [5.41, 5.74) is 8.62. The summed E-state index contributed by atoms with van der Waals surface area (Å²) in [5.74, 6) is 1.26. The first-order valence-corrected chi connectivity index (χ1v) is 15.8. The van der Waals surface area contributed by atoms with Crippen molar-refractivity contribution in [3.63, 3.8) is 0 Å². The molecule has 0 saturated carbocycles. The number of hydrogen-bond acceptors (Lipinski definition) is 2. The van der Waals surface area contributed by atoms with Gasteiger partial charge in [0.15, 0.2) is 12.0 Å². The quantitative estimate of drug-likeness (QED) is 0.157. The number of pyridine rings is 1. The Labute approximate surface area is 254 Å². The number of allylic oxidation sites excluding steroid dienone is 4. The standard InChI is InChI=1S/C36H43INO2/c1-22(29-14-13-27-11-9-10-12-30(27)25(29)4)17-31-23(2)18-34(35-21-39-24(3)19-32(37)26(5)40-35)38-16-15-28(20-33(31)38)36(6,7)8/h9-17,20,23-24,26,32H,1,18-19,21H2,2-8H3/q+1/b31-17+,35-34+/t23?,24?,26?,32-/m1/s1. The molecule has 2 aliphatic rings. The maximum Gasteiger partial charge on any atom is 0.228 e. The second kappa shape index (κ2) is 11.4. The number of alkyl halides is 1. The number of aryl methyl sites for hydroxylation is 1. The fourth-order valence-corrected chi connectivity index (χ4v) is 6.82. The molecule has 1 aromatic heterocycles. The largest absolute Gasteiger partial charge is 0.485 e. The van der Waals surface area contributed by atoms with Crippen LogP contribution in [0.3, 0.4) is 0 Å². The van der Waals surface area contributed by atoms with Crippen LogP contribution in [-0.2, 0) is 14.9 Å². The lowest BCUT2D eigenvalue weighted by Gasteiger charge is -2.30. The highest BCUT2D eigenvalue weighted by atomic mass is 127. The molecular formula is C36H43INO2+.